The molecule has 9 heteroatoms. The summed E-state index contributed by atoms with van der Waals surface area (Å²) in [6, 6.07) is 28.2. The summed E-state index contributed by atoms with van der Waals surface area (Å²) in [5.74, 6) is 0.793. The molecule has 7 rings (SSSR count). The highest BCUT2D eigenvalue weighted by molar-refractivity contribution is 5.28. The second kappa shape index (κ2) is 18.8. The third kappa shape index (κ3) is 9.84. The van der Waals surface area contributed by atoms with Crippen LogP contribution < -0.4 is 4.74 Å². The SMILES string of the molecule is C=CC[C@@H]1O[C@@H]2C[C@@H]3O[C@H](c4ccc(OC)cc4)OC[C@H]3O[C@H]2CC[C@H]1O[C@H]1C[C@@H](OCc2ccccc2)[C@H](COCc2ccccc2)O[C@@H]1CC=C. The van der Waals surface area contributed by atoms with Crippen molar-refractivity contribution >= 4 is 0 Å². The van der Waals surface area contributed by atoms with E-state index in [-0.39, 0.29) is 61.0 Å². The first-order valence-corrected chi connectivity index (χ1v) is 19.1. The van der Waals surface area contributed by atoms with Gasteiger partial charge in [0.25, 0.3) is 0 Å². The van der Waals surface area contributed by atoms with Crippen LogP contribution in [0.5, 0.6) is 5.75 Å². The van der Waals surface area contributed by atoms with Gasteiger partial charge in [-0.2, -0.15) is 0 Å². The first kappa shape index (κ1) is 37.9. The Morgan fingerprint density at radius 1 is 0.642 bits per heavy atom. The second-order valence-corrected chi connectivity index (χ2v) is 14.4. The van der Waals surface area contributed by atoms with Crippen LogP contribution in [0.4, 0.5) is 0 Å². The van der Waals surface area contributed by atoms with E-state index >= 15 is 0 Å². The minimum absolute atomic E-state index is 0.0819. The Balaban J connectivity index is 1.02. The van der Waals surface area contributed by atoms with E-state index in [1.54, 1.807) is 7.11 Å². The first-order valence-electron chi connectivity index (χ1n) is 19.1. The van der Waals surface area contributed by atoms with Crippen LogP contribution in [0.1, 0.15) is 61.5 Å². The number of fused-ring (bicyclic) bond motifs is 2. The van der Waals surface area contributed by atoms with E-state index in [1.807, 2.05) is 72.8 Å². The summed E-state index contributed by atoms with van der Waals surface area (Å²) in [4.78, 5) is 0. The van der Waals surface area contributed by atoms with Crippen molar-refractivity contribution in [1.29, 1.82) is 0 Å². The fourth-order valence-corrected chi connectivity index (χ4v) is 7.93. The van der Waals surface area contributed by atoms with Crippen molar-refractivity contribution in [3.63, 3.8) is 0 Å². The van der Waals surface area contributed by atoms with E-state index in [4.69, 9.17) is 42.6 Å². The molecule has 4 aliphatic rings. The quantitative estimate of drug-likeness (QED) is 0.147. The molecular formula is C44H54O9. The fourth-order valence-electron chi connectivity index (χ4n) is 7.93. The molecule has 4 aliphatic heterocycles. The Kier molecular flexibility index (Phi) is 13.4. The molecule has 0 N–H and O–H groups in total. The summed E-state index contributed by atoms with van der Waals surface area (Å²) in [6.45, 7) is 9.98. The highest BCUT2D eigenvalue weighted by Gasteiger charge is 2.48. The number of rotatable bonds is 15. The summed E-state index contributed by atoms with van der Waals surface area (Å²) < 4.78 is 58.2. The van der Waals surface area contributed by atoms with Crippen molar-refractivity contribution in [1.82, 2.24) is 0 Å². The molecule has 3 aromatic rings. The highest BCUT2D eigenvalue weighted by Crippen LogP contribution is 2.40. The Morgan fingerprint density at radius 3 is 2.02 bits per heavy atom. The number of methoxy groups -OCH3 is 1. The molecule has 0 spiro atoms. The number of hydrogen-bond donors (Lipinski definition) is 0. The van der Waals surface area contributed by atoms with Crippen LogP contribution in [0.25, 0.3) is 0 Å². The molecule has 284 valence electrons. The Morgan fingerprint density at radius 2 is 1.32 bits per heavy atom. The van der Waals surface area contributed by atoms with Crippen molar-refractivity contribution in [3.8, 4) is 5.75 Å². The maximum Gasteiger partial charge on any atom is 0.184 e. The van der Waals surface area contributed by atoms with Crippen LogP contribution in [0.3, 0.4) is 0 Å². The van der Waals surface area contributed by atoms with E-state index in [0.29, 0.717) is 45.7 Å². The number of hydrogen-bond acceptors (Lipinski definition) is 9. The molecule has 0 bridgehead atoms. The van der Waals surface area contributed by atoms with Crippen LogP contribution in [-0.4, -0.2) is 81.4 Å². The van der Waals surface area contributed by atoms with Gasteiger partial charge in [-0.05, 0) is 48.9 Å². The maximum atomic E-state index is 7.08. The number of benzene rings is 3. The van der Waals surface area contributed by atoms with Gasteiger partial charge in [0, 0.05) is 18.4 Å². The van der Waals surface area contributed by atoms with E-state index in [0.717, 1.165) is 41.7 Å². The highest BCUT2D eigenvalue weighted by atomic mass is 16.7. The largest absolute Gasteiger partial charge is 0.497 e. The summed E-state index contributed by atoms with van der Waals surface area (Å²) in [7, 11) is 1.66. The summed E-state index contributed by atoms with van der Waals surface area (Å²) in [5.41, 5.74) is 3.18. The smallest absolute Gasteiger partial charge is 0.184 e. The minimum Gasteiger partial charge on any atom is -0.497 e. The molecular weight excluding hydrogens is 672 g/mol. The minimum atomic E-state index is -0.467. The lowest BCUT2D eigenvalue weighted by Gasteiger charge is -2.45. The lowest BCUT2D eigenvalue weighted by atomic mass is 9.94. The molecule has 4 heterocycles. The molecule has 53 heavy (non-hydrogen) atoms. The predicted octanol–water partition coefficient (Wildman–Crippen LogP) is 7.68. The van der Waals surface area contributed by atoms with Crippen molar-refractivity contribution < 1.29 is 42.6 Å². The van der Waals surface area contributed by atoms with Crippen molar-refractivity contribution in [2.45, 2.75) is 119 Å². The lowest BCUT2D eigenvalue weighted by molar-refractivity contribution is -0.307. The topological polar surface area (TPSA) is 83.1 Å². The van der Waals surface area contributed by atoms with Gasteiger partial charge in [-0.15, -0.1) is 13.2 Å². The molecule has 3 aromatic carbocycles. The van der Waals surface area contributed by atoms with E-state index in [9.17, 15) is 0 Å². The molecule has 11 atom stereocenters. The van der Waals surface area contributed by atoms with Crippen LogP contribution in [0.2, 0.25) is 0 Å². The van der Waals surface area contributed by atoms with E-state index in [2.05, 4.69) is 37.4 Å². The summed E-state index contributed by atoms with van der Waals surface area (Å²) in [5, 5.41) is 0. The molecule has 0 aliphatic carbocycles. The van der Waals surface area contributed by atoms with Gasteiger partial charge in [0.2, 0.25) is 0 Å². The Hall–Kier alpha value is -3.38. The zero-order chi connectivity index (χ0) is 36.4. The summed E-state index contributed by atoms with van der Waals surface area (Å²) in [6.07, 6.45) is 5.81. The van der Waals surface area contributed by atoms with E-state index < -0.39 is 6.29 Å². The van der Waals surface area contributed by atoms with Crippen LogP contribution in [-0.2, 0) is 51.1 Å². The molecule has 0 saturated carbocycles. The average molecular weight is 727 g/mol. The molecule has 0 aromatic heterocycles. The van der Waals surface area contributed by atoms with Crippen molar-refractivity contribution in [3.05, 3.63) is 127 Å². The molecule has 0 radical (unpaired) electrons. The van der Waals surface area contributed by atoms with Gasteiger partial charge < -0.3 is 42.6 Å². The normalized spacial score (nSPS) is 32.8. The Labute approximate surface area is 314 Å². The maximum absolute atomic E-state index is 7.08. The fraction of sp³-hybridized carbons (Fsp3) is 0.500. The van der Waals surface area contributed by atoms with Gasteiger partial charge in [-0.3, -0.25) is 0 Å². The van der Waals surface area contributed by atoms with Gasteiger partial charge >= 0.3 is 0 Å². The molecule has 0 amide bonds. The van der Waals surface area contributed by atoms with Gasteiger partial charge in [0.05, 0.1) is 82.4 Å². The second-order valence-electron chi connectivity index (χ2n) is 14.4. The molecule has 0 unspecified atom stereocenters. The van der Waals surface area contributed by atoms with Gasteiger partial charge in [0.1, 0.15) is 18.0 Å². The molecule has 4 saturated heterocycles. The molecule has 9 nitrogen and oxygen atoms in total. The zero-order valence-electron chi connectivity index (χ0n) is 30.7. The zero-order valence-corrected chi connectivity index (χ0v) is 30.7. The van der Waals surface area contributed by atoms with Gasteiger partial charge in [-0.1, -0.05) is 84.9 Å². The van der Waals surface area contributed by atoms with Crippen LogP contribution >= 0.6 is 0 Å². The number of ether oxygens (including phenoxy) is 9. The van der Waals surface area contributed by atoms with Crippen molar-refractivity contribution in [2.75, 3.05) is 20.3 Å². The van der Waals surface area contributed by atoms with Crippen molar-refractivity contribution in [2.24, 2.45) is 0 Å². The van der Waals surface area contributed by atoms with E-state index in [1.165, 1.54) is 0 Å². The summed E-state index contributed by atoms with van der Waals surface area (Å²) >= 11 is 0. The van der Waals surface area contributed by atoms with Gasteiger partial charge in [-0.25, -0.2) is 0 Å². The monoisotopic (exact) mass is 726 g/mol. The third-order valence-electron chi connectivity index (χ3n) is 10.7. The molecule has 4 fully saturated rings. The van der Waals surface area contributed by atoms with Crippen LogP contribution in [0, 0.1) is 0 Å². The van der Waals surface area contributed by atoms with Crippen LogP contribution in [0.15, 0.2) is 110 Å². The Bertz CT molecular complexity index is 1550. The predicted molar refractivity (Wildman–Crippen MR) is 200 cm³/mol. The lowest BCUT2D eigenvalue weighted by Crippen LogP contribution is -2.54. The average Bonchev–Trinajstić information content (AvgIpc) is 3.36. The first-order chi connectivity index (χ1) is 26.1. The van der Waals surface area contributed by atoms with Gasteiger partial charge in [0.15, 0.2) is 6.29 Å². The third-order valence-corrected chi connectivity index (χ3v) is 10.7. The standard InChI is InChI=1S/C44H54O9/c1-4-12-34-36(22-23-37-40(49-34)25-41-43(52-37)29-48-44(53-41)32-18-20-33(45-3)21-19-32)50-39-24-38(47-27-31-16-10-7-11-17-31)42(51-35(39)13-5-2)28-46-26-30-14-8-6-9-15-30/h4-11,14-21,34-44H,1-2,12-13,22-29H2,3H3/t34-,35+,36+,37-,38+,39-,40+,41-,42-,43+,44+/m0/s1.